The predicted molar refractivity (Wildman–Crippen MR) is 124 cm³/mol. The normalized spacial score (nSPS) is 16.7. The van der Waals surface area contributed by atoms with Gasteiger partial charge in [-0.15, -0.1) is 0 Å². The van der Waals surface area contributed by atoms with Gasteiger partial charge in [0.25, 0.3) is 5.91 Å². The molecule has 0 radical (unpaired) electrons. The van der Waals surface area contributed by atoms with Crippen LogP contribution in [-0.4, -0.2) is 52.8 Å². The van der Waals surface area contributed by atoms with Crippen molar-refractivity contribution in [2.75, 3.05) is 26.2 Å². The van der Waals surface area contributed by atoms with E-state index in [-0.39, 0.29) is 11.3 Å². The number of carbonyl (C=O) groups excluding carboxylic acids is 2. The summed E-state index contributed by atoms with van der Waals surface area (Å²) >= 11 is 3.41. The molecular weight excluding hydrogens is 476 g/mol. The zero-order chi connectivity index (χ0) is 23.0. The van der Waals surface area contributed by atoms with Crippen molar-refractivity contribution in [2.24, 2.45) is 0 Å². The number of furan rings is 2. The minimum atomic E-state index is -0.820. The van der Waals surface area contributed by atoms with Gasteiger partial charge in [-0.3, -0.25) is 9.59 Å². The fraction of sp³-hybridized carbons (Fsp3) is 0.333. The Morgan fingerprint density at radius 2 is 1.91 bits per heavy atom. The Bertz CT molecular complexity index is 1200. The number of aryl methyl sites for hydroxylation is 1. The van der Waals surface area contributed by atoms with Crippen LogP contribution < -0.4 is 0 Å². The van der Waals surface area contributed by atoms with Gasteiger partial charge in [0.2, 0.25) is 5.78 Å². The molecule has 0 saturated carbocycles. The highest BCUT2D eigenvalue weighted by Crippen LogP contribution is 2.40. The van der Waals surface area contributed by atoms with Gasteiger partial charge in [-0.2, -0.15) is 0 Å². The number of halogens is 1. The summed E-state index contributed by atoms with van der Waals surface area (Å²) < 4.78 is 12.4. The summed E-state index contributed by atoms with van der Waals surface area (Å²) in [5, 5.41) is 11.5. The lowest BCUT2D eigenvalue weighted by atomic mass is 9.99. The van der Waals surface area contributed by atoms with Crippen LogP contribution in [0.2, 0.25) is 0 Å². The Morgan fingerprint density at radius 3 is 2.56 bits per heavy atom. The highest BCUT2D eigenvalue weighted by molar-refractivity contribution is 9.10. The molecule has 0 bridgehead atoms. The monoisotopic (exact) mass is 500 g/mol. The molecule has 3 aromatic rings. The average molecular weight is 501 g/mol. The van der Waals surface area contributed by atoms with Crippen LogP contribution in [0, 0.1) is 6.92 Å². The molecule has 0 spiro atoms. The summed E-state index contributed by atoms with van der Waals surface area (Å²) in [6.07, 6.45) is 0. The Morgan fingerprint density at radius 1 is 1.16 bits per heavy atom. The number of likely N-dealkylation sites (N-methyl/N-ethyl adjacent to an activating group) is 1. The molecule has 32 heavy (non-hydrogen) atoms. The molecule has 3 heterocycles. The maximum atomic E-state index is 13.5. The van der Waals surface area contributed by atoms with Crippen molar-refractivity contribution in [2.45, 2.75) is 26.8 Å². The van der Waals surface area contributed by atoms with Crippen molar-refractivity contribution < 1.29 is 23.5 Å². The molecule has 1 atom stereocenters. The minimum absolute atomic E-state index is 0.0259. The topological polar surface area (TPSA) is 87.1 Å². The molecule has 2 aromatic heterocycles. The number of aliphatic hydroxyl groups excluding tert-OH is 1. The first-order valence-electron chi connectivity index (χ1n) is 10.6. The number of benzene rings is 1. The lowest BCUT2D eigenvalue weighted by molar-refractivity contribution is -0.129. The molecule has 1 N–H and O–H groups in total. The molecule has 8 heteroatoms. The summed E-state index contributed by atoms with van der Waals surface area (Å²) in [6.45, 7) is 8.52. The Kier molecular flexibility index (Phi) is 6.26. The zero-order valence-corrected chi connectivity index (χ0v) is 19.8. The Hall–Kier alpha value is -2.84. The van der Waals surface area contributed by atoms with E-state index >= 15 is 0 Å². The van der Waals surface area contributed by atoms with Crippen LogP contribution in [0.25, 0.3) is 11.0 Å². The lowest BCUT2D eigenvalue weighted by Crippen LogP contribution is -2.38. The Balaban J connectivity index is 1.73. The smallest absolute Gasteiger partial charge is 0.290 e. The van der Waals surface area contributed by atoms with Crippen LogP contribution in [0.3, 0.4) is 0 Å². The van der Waals surface area contributed by atoms with Crippen LogP contribution in [-0.2, 0) is 4.79 Å². The summed E-state index contributed by atoms with van der Waals surface area (Å²) in [6, 6.07) is 9.73. The van der Waals surface area contributed by atoms with Crippen molar-refractivity contribution in [3.8, 4) is 0 Å². The highest BCUT2D eigenvalue weighted by Gasteiger charge is 2.46. The zero-order valence-electron chi connectivity index (χ0n) is 18.2. The van der Waals surface area contributed by atoms with Gasteiger partial charge in [0, 0.05) is 22.9 Å². The van der Waals surface area contributed by atoms with E-state index < -0.39 is 23.5 Å². The van der Waals surface area contributed by atoms with Crippen LogP contribution in [0.5, 0.6) is 0 Å². The molecule has 1 aliphatic rings. The molecule has 0 saturated heterocycles. The largest absolute Gasteiger partial charge is 0.503 e. The fourth-order valence-corrected chi connectivity index (χ4v) is 4.44. The number of nitrogens with zero attached hydrogens (tertiary/aromatic N) is 2. The van der Waals surface area contributed by atoms with E-state index in [1.54, 1.807) is 31.2 Å². The van der Waals surface area contributed by atoms with Crippen LogP contribution in [0.15, 0.2) is 61.0 Å². The first kappa shape index (κ1) is 22.4. The quantitative estimate of drug-likeness (QED) is 0.437. The van der Waals surface area contributed by atoms with E-state index in [0.29, 0.717) is 30.2 Å². The average Bonchev–Trinajstić information content (AvgIpc) is 3.45. The Labute approximate surface area is 194 Å². The van der Waals surface area contributed by atoms with Crippen LogP contribution in [0.1, 0.15) is 42.0 Å². The first-order valence-corrected chi connectivity index (χ1v) is 11.4. The van der Waals surface area contributed by atoms with E-state index in [2.05, 4.69) is 20.8 Å². The van der Waals surface area contributed by atoms with E-state index in [1.165, 1.54) is 4.90 Å². The maximum absolute atomic E-state index is 13.5. The van der Waals surface area contributed by atoms with Crippen molar-refractivity contribution in [1.29, 1.82) is 0 Å². The number of rotatable bonds is 8. The summed E-state index contributed by atoms with van der Waals surface area (Å²) in [5.74, 6) is -0.530. The van der Waals surface area contributed by atoms with E-state index in [0.717, 1.165) is 22.9 Å². The number of hydrogen-bond acceptors (Lipinski definition) is 6. The number of ketones is 1. The molecule has 4 rings (SSSR count). The van der Waals surface area contributed by atoms with Crippen LogP contribution >= 0.6 is 15.9 Å². The summed E-state index contributed by atoms with van der Waals surface area (Å²) in [4.78, 5) is 30.2. The number of carbonyl (C=O) groups is 2. The molecular formula is C24H25BrN2O5. The second-order valence-electron chi connectivity index (χ2n) is 7.76. The number of Topliss-reactive ketones (excluding diaryl/α,β-unsaturated/α-hetero) is 1. The fourth-order valence-electron chi connectivity index (χ4n) is 4.06. The van der Waals surface area contributed by atoms with Gasteiger partial charge in [-0.25, -0.2) is 0 Å². The number of amides is 1. The maximum Gasteiger partial charge on any atom is 0.290 e. The number of aliphatic hydroxyl groups is 1. The first-order chi connectivity index (χ1) is 15.3. The van der Waals surface area contributed by atoms with Gasteiger partial charge >= 0.3 is 0 Å². The van der Waals surface area contributed by atoms with Gasteiger partial charge in [-0.05, 0) is 56.4 Å². The second kappa shape index (κ2) is 8.96. The summed E-state index contributed by atoms with van der Waals surface area (Å²) in [5.41, 5.74) is 0.520. The molecule has 1 aliphatic heterocycles. The second-order valence-corrected chi connectivity index (χ2v) is 8.68. The van der Waals surface area contributed by atoms with Crippen molar-refractivity contribution in [3.63, 3.8) is 0 Å². The third-order valence-corrected chi connectivity index (χ3v) is 6.33. The standard InChI is InChI=1S/C24H25BrN2O5/c1-4-26(5-2)10-11-27-21(18-8-6-14(3)31-18)20(23(29)24(27)30)22(28)19-13-15-12-16(25)7-9-17(15)32-19/h6-9,12-13,21,29H,4-5,10-11H2,1-3H3. The predicted octanol–water partition coefficient (Wildman–Crippen LogP) is 5.02. The van der Waals surface area contributed by atoms with Gasteiger partial charge in [0.1, 0.15) is 23.1 Å². The van der Waals surface area contributed by atoms with Gasteiger partial charge < -0.3 is 23.7 Å². The SMILES string of the molecule is CCN(CC)CCN1C(=O)C(O)=C(C(=O)c2cc3cc(Br)ccc3o2)C1c1ccc(C)o1. The molecule has 168 valence electrons. The third kappa shape index (κ3) is 4.00. The van der Waals surface area contributed by atoms with E-state index in [4.69, 9.17) is 8.83 Å². The van der Waals surface area contributed by atoms with Crippen LogP contribution in [0.4, 0.5) is 0 Å². The number of fused-ring (bicyclic) bond motifs is 1. The molecule has 0 fully saturated rings. The van der Waals surface area contributed by atoms with Crippen molar-refractivity contribution >= 4 is 38.6 Å². The molecule has 1 unspecified atom stereocenters. The lowest BCUT2D eigenvalue weighted by Gasteiger charge is -2.27. The third-order valence-electron chi connectivity index (χ3n) is 5.83. The van der Waals surface area contributed by atoms with Crippen molar-refractivity contribution in [1.82, 2.24) is 9.80 Å². The minimum Gasteiger partial charge on any atom is -0.503 e. The van der Waals surface area contributed by atoms with Crippen molar-refractivity contribution in [3.05, 3.63) is 69.5 Å². The molecule has 0 aliphatic carbocycles. The highest BCUT2D eigenvalue weighted by atomic mass is 79.9. The van der Waals surface area contributed by atoms with Gasteiger partial charge in [0.15, 0.2) is 11.5 Å². The van der Waals surface area contributed by atoms with Gasteiger partial charge in [-0.1, -0.05) is 29.8 Å². The number of hydrogen-bond donors (Lipinski definition) is 1. The van der Waals surface area contributed by atoms with E-state index in [1.807, 2.05) is 26.0 Å². The van der Waals surface area contributed by atoms with Gasteiger partial charge in [0.05, 0.1) is 5.57 Å². The molecule has 1 amide bonds. The van der Waals surface area contributed by atoms with E-state index in [9.17, 15) is 14.7 Å². The summed E-state index contributed by atoms with van der Waals surface area (Å²) in [7, 11) is 0. The molecule has 7 nitrogen and oxygen atoms in total. The molecule has 1 aromatic carbocycles.